The number of rotatable bonds is 1. The Hall–Kier alpha value is -1.64. The van der Waals surface area contributed by atoms with Crippen molar-refractivity contribution in [2.24, 2.45) is 0 Å². The first-order chi connectivity index (χ1) is 6.93. The van der Waals surface area contributed by atoms with E-state index in [-0.39, 0.29) is 0 Å². The van der Waals surface area contributed by atoms with Crippen LogP contribution in [0.25, 0.3) is 11.5 Å². The highest BCUT2D eigenvalue weighted by Gasteiger charge is 2.13. The van der Waals surface area contributed by atoms with Crippen molar-refractivity contribution in [2.75, 3.05) is 0 Å². The van der Waals surface area contributed by atoms with Crippen LogP contribution in [-0.4, -0.2) is 15.0 Å². The number of aryl methyl sites for hydroxylation is 2. The van der Waals surface area contributed by atoms with Gasteiger partial charge < -0.3 is 4.98 Å². The van der Waals surface area contributed by atoms with Crippen LogP contribution in [0.3, 0.4) is 0 Å². The molecule has 2 aromatic rings. The first-order valence-electron chi connectivity index (χ1n) is 4.92. The first-order valence-corrected chi connectivity index (χ1v) is 4.92. The van der Waals surface area contributed by atoms with Crippen LogP contribution in [0.4, 0.5) is 0 Å². The Kier molecular flexibility index (Phi) is 1.63. The van der Waals surface area contributed by atoms with Crippen LogP contribution in [-0.2, 0) is 12.8 Å². The Bertz CT molecular complexity index is 446. The van der Waals surface area contributed by atoms with Gasteiger partial charge in [0.2, 0.25) is 0 Å². The maximum absolute atomic E-state index is 4.60. The van der Waals surface area contributed by atoms with Gasteiger partial charge >= 0.3 is 0 Å². The number of H-pyrrole nitrogens is 1. The fourth-order valence-corrected chi connectivity index (χ4v) is 1.96. The molecule has 3 heteroatoms. The van der Waals surface area contributed by atoms with E-state index < -0.39 is 0 Å². The van der Waals surface area contributed by atoms with Crippen LogP contribution in [0, 0.1) is 0 Å². The van der Waals surface area contributed by atoms with Crippen molar-refractivity contribution >= 4 is 0 Å². The topological polar surface area (TPSA) is 41.6 Å². The number of aromatic amines is 1. The smallest absolute Gasteiger partial charge is 0.155 e. The summed E-state index contributed by atoms with van der Waals surface area (Å²) in [6.07, 6.45) is 7.11. The molecular weight excluding hydrogens is 174 g/mol. The molecule has 0 saturated heterocycles. The number of pyridine rings is 1. The lowest BCUT2D eigenvalue weighted by atomic mass is 10.2. The SMILES string of the molecule is c1c[nH]c(-c2ccc3c(n2)CCC3)n1. The van der Waals surface area contributed by atoms with E-state index in [4.69, 9.17) is 0 Å². The number of hydrogen-bond donors (Lipinski definition) is 1. The van der Waals surface area contributed by atoms with Crippen molar-refractivity contribution in [1.29, 1.82) is 0 Å². The lowest BCUT2D eigenvalue weighted by Gasteiger charge is -2.00. The lowest BCUT2D eigenvalue weighted by molar-refractivity contribution is 0.899. The number of nitrogens with zero attached hydrogens (tertiary/aromatic N) is 2. The molecular formula is C11H11N3. The molecule has 3 nitrogen and oxygen atoms in total. The molecule has 0 aliphatic heterocycles. The average Bonchev–Trinajstić information content (AvgIpc) is 2.88. The molecule has 0 bridgehead atoms. The molecule has 0 radical (unpaired) electrons. The van der Waals surface area contributed by atoms with Crippen LogP contribution in [0.15, 0.2) is 24.5 Å². The van der Waals surface area contributed by atoms with Gasteiger partial charge in [0.15, 0.2) is 5.82 Å². The minimum Gasteiger partial charge on any atom is -0.343 e. The van der Waals surface area contributed by atoms with E-state index in [1.165, 1.54) is 24.1 Å². The molecule has 2 aromatic heterocycles. The maximum atomic E-state index is 4.60. The van der Waals surface area contributed by atoms with Gasteiger partial charge in [-0.2, -0.15) is 0 Å². The van der Waals surface area contributed by atoms with Crippen LogP contribution >= 0.6 is 0 Å². The van der Waals surface area contributed by atoms with Crippen molar-refractivity contribution in [3.63, 3.8) is 0 Å². The van der Waals surface area contributed by atoms with Gasteiger partial charge in [-0.3, -0.25) is 0 Å². The van der Waals surface area contributed by atoms with Crippen LogP contribution in [0.5, 0.6) is 0 Å². The zero-order chi connectivity index (χ0) is 9.38. The molecule has 3 rings (SSSR count). The molecule has 14 heavy (non-hydrogen) atoms. The van der Waals surface area contributed by atoms with Gasteiger partial charge in [0.1, 0.15) is 5.69 Å². The third kappa shape index (κ3) is 1.13. The van der Waals surface area contributed by atoms with Crippen LogP contribution < -0.4 is 0 Å². The second-order valence-corrected chi connectivity index (χ2v) is 3.59. The Labute approximate surface area is 82.2 Å². The summed E-state index contributed by atoms with van der Waals surface area (Å²) in [6.45, 7) is 0. The van der Waals surface area contributed by atoms with Gasteiger partial charge in [0.05, 0.1) is 0 Å². The summed E-state index contributed by atoms with van der Waals surface area (Å²) in [6, 6.07) is 4.22. The van der Waals surface area contributed by atoms with Gasteiger partial charge in [0.25, 0.3) is 0 Å². The molecule has 2 heterocycles. The Morgan fingerprint density at radius 2 is 2.21 bits per heavy atom. The summed E-state index contributed by atoms with van der Waals surface area (Å²) in [5, 5.41) is 0. The fraction of sp³-hybridized carbons (Fsp3) is 0.273. The van der Waals surface area contributed by atoms with Crippen molar-refractivity contribution in [3.8, 4) is 11.5 Å². The average molecular weight is 185 g/mol. The predicted octanol–water partition coefficient (Wildman–Crippen LogP) is 1.96. The van der Waals surface area contributed by atoms with Gasteiger partial charge in [-0.05, 0) is 30.9 Å². The highest BCUT2D eigenvalue weighted by Crippen LogP contribution is 2.22. The van der Waals surface area contributed by atoms with E-state index in [9.17, 15) is 0 Å². The summed E-state index contributed by atoms with van der Waals surface area (Å²) < 4.78 is 0. The molecule has 0 spiro atoms. The number of nitrogens with one attached hydrogen (secondary N) is 1. The monoisotopic (exact) mass is 185 g/mol. The summed E-state index contributed by atoms with van der Waals surface area (Å²) in [5.41, 5.74) is 3.61. The minimum atomic E-state index is 0.861. The highest BCUT2D eigenvalue weighted by atomic mass is 14.9. The van der Waals surface area contributed by atoms with Gasteiger partial charge in [-0.15, -0.1) is 0 Å². The van der Waals surface area contributed by atoms with Crippen molar-refractivity contribution in [2.45, 2.75) is 19.3 Å². The third-order valence-electron chi connectivity index (χ3n) is 2.67. The van der Waals surface area contributed by atoms with Crippen molar-refractivity contribution in [1.82, 2.24) is 15.0 Å². The number of hydrogen-bond acceptors (Lipinski definition) is 2. The normalized spacial score (nSPS) is 14.3. The predicted molar refractivity (Wildman–Crippen MR) is 53.8 cm³/mol. The second-order valence-electron chi connectivity index (χ2n) is 3.59. The summed E-state index contributed by atoms with van der Waals surface area (Å²) in [7, 11) is 0. The minimum absolute atomic E-state index is 0.861. The Morgan fingerprint density at radius 3 is 3.07 bits per heavy atom. The van der Waals surface area contributed by atoms with E-state index in [1.807, 2.05) is 12.3 Å². The maximum Gasteiger partial charge on any atom is 0.155 e. The van der Waals surface area contributed by atoms with Crippen molar-refractivity contribution in [3.05, 3.63) is 35.8 Å². The lowest BCUT2D eigenvalue weighted by Crippen LogP contribution is -1.92. The van der Waals surface area contributed by atoms with Gasteiger partial charge in [-0.25, -0.2) is 9.97 Å². The molecule has 0 aromatic carbocycles. The number of aromatic nitrogens is 3. The molecule has 1 aliphatic carbocycles. The summed E-state index contributed by atoms with van der Waals surface area (Å²) in [5.74, 6) is 0.861. The largest absolute Gasteiger partial charge is 0.343 e. The second kappa shape index (κ2) is 2.94. The molecule has 0 atom stereocenters. The third-order valence-corrected chi connectivity index (χ3v) is 2.67. The van der Waals surface area contributed by atoms with Crippen LogP contribution in [0.1, 0.15) is 17.7 Å². The Morgan fingerprint density at radius 1 is 1.21 bits per heavy atom. The molecule has 1 aliphatic rings. The molecule has 1 N–H and O–H groups in total. The molecule has 0 saturated carbocycles. The first kappa shape index (κ1) is 7.74. The quantitative estimate of drug-likeness (QED) is 0.737. The zero-order valence-corrected chi connectivity index (χ0v) is 7.83. The molecule has 0 unspecified atom stereocenters. The van der Waals surface area contributed by atoms with E-state index in [1.54, 1.807) is 6.20 Å². The van der Waals surface area contributed by atoms with Gasteiger partial charge in [-0.1, -0.05) is 6.07 Å². The molecule has 0 amide bonds. The standard InChI is InChI=1S/C11H11N3/c1-2-8-4-5-10(14-9(8)3-1)11-12-6-7-13-11/h4-7H,1-3H2,(H,12,13). The van der Waals surface area contributed by atoms with E-state index in [0.717, 1.165) is 17.9 Å². The molecule has 0 fully saturated rings. The molecule has 70 valence electrons. The fourth-order valence-electron chi connectivity index (χ4n) is 1.96. The van der Waals surface area contributed by atoms with E-state index >= 15 is 0 Å². The van der Waals surface area contributed by atoms with E-state index in [2.05, 4.69) is 21.0 Å². The van der Waals surface area contributed by atoms with Crippen LogP contribution in [0.2, 0.25) is 0 Å². The Balaban J connectivity index is 2.09. The van der Waals surface area contributed by atoms with Crippen molar-refractivity contribution < 1.29 is 0 Å². The number of imidazole rings is 1. The highest BCUT2D eigenvalue weighted by molar-refractivity contribution is 5.50. The summed E-state index contributed by atoms with van der Waals surface area (Å²) in [4.78, 5) is 11.9. The summed E-state index contributed by atoms with van der Waals surface area (Å²) >= 11 is 0. The zero-order valence-electron chi connectivity index (χ0n) is 7.83. The number of fused-ring (bicyclic) bond motifs is 1. The van der Waals surface area contributed by atoms with Gasteiger partial charge in [0, 0.05) is 18.1 Å². The van der Waals surface area contributed by atoms with E-state index in [0.29, 0.717) is 0 Å².